The molecule has 0 aliphatic rings. The molecule has 0 spiro atoms. The number of aromatic nitrogens is 3. The minimum atomic E-state index is -1.34. The van der Waals surface area contributed by atoms with E-state index in [1.165, 1.54) is 18.2 Å². The molecule has 0 bridgehead atoms. The number of nitrogens with one attached hydrogen (secondary N) is 2. The number of aromatic amines is 1. The quantitative estimate of drug-likeness (QED) is 0.663. The summed E-state index contributed by atoms with van der Waals surface area (Å²) in [5.74, 6) is 0.485. The Kier molecular flexibility index (Phi) is 6.40. The van der Waals surface area contributed by atoms with Gasteiger partial charge in [-0.2, -0.15) is 5.10 Å². The van der Waals surface area contributed by atoms with E-state index in [0.29, 0.717) is 33.5 Å². The van der Waals surface area contributed by atoms with Crippen LogP contribution >= 0.6 is 35.4 Å². The third-order valence-corrected chi connectivity index (χ3v) is 4.14. The topological polar surface area (TPSA) is 82.9 Å². The normalized spacial score (nSPS) is 12.4. The van der Waals surface area contributed by atoms with Crippen molar-refractivity contribution in [1.29, 1.82) is 0 Å². The number of nitrogens with zero attached hydrogens (tertiary/aromatic N) is 2. The minimum absolute atomic E-state index is 0.202. The standard InChI is InChI=1S/C15H18Cl2N4O2S/c1-8(2)13-19-20-15(24)21(13)4-3-18-14(23)12(22)9-5-10(16)7-11(17)6-9/h5-8,12,22H,3-4H2,1-2H3,(H,18,23)(H,20,24)/t12-/m1/s1. The summed E-state index contributed by atoms with van der Waals surface area (Å²) >= 11 is 16.9. The molecule has 1 amide bonds. The molecule has 130 valence electrons. The first-order valence-corrected chi connectivity index (χ1v) is 8.53. The second kappa shape index (κ2) is 8.11. The Morgan fingerprint density at radius 1 is 1.38 bits per heavy atom. The van der Waals surface area contributed by atoms with E-state index in [-0.39, 0.29) is 5.92 Å². The van der Waals surface area contributed by atoms with Gasteiger partial charge in [0.2, 0.25) is 0 Å². The molecule has 0 unspecified atom stereocenters. The van der Waals surface area contributed by atoms with Crippen molar-refractivity contribution in [3.8, 4) is 0 Å². The summed E-state index contributed by atoms with van der Waals surface area (Å²) < 4.78 is 2.32. The van der Waals surface area contributed by atoms with Crippen molar-refractivity contribution in [3.05, 3.63) is 44.4 Å². The number of H-pyrrole nitrogens is 1. The molecule has 24 heavy (non-hydrogen) atoms. The smallest absolute Gasteiger partial charge is 0.253 e. The van der Waals surface area contributed by atoms with E-state index in [1.54, 1.807) is 0 Å². The highest BCUT2D eigenvalue weighted by Crippen LogP contribution is 2.23. The summed E-state index contributed by atoms with van der Waals surface area (Å²) in [5.41, 5.74) is 0.341. The predicted octanol–water partition coefficient (Wildman–Crippen LogP) is 3.22. The van der Waals surface area contributed by atoms with Crippen molar-refractivity contribution < 1.29 is 9.90 Å². The average Bonchev–Trinajstić information content (AvgIpc) is 2.86. The van der Waals surface area contributed by atoms with Crippen molar-refractivity contribution in [1.82, 2.24) is 20.1 Å². The van der Waals surface area contributed by atoms with Gasteiger partial charge in [-0.3, -0.25) is 9.89 Å². The summed E-state index contributed by atoms with van der Waals surface area (Å²) in [6.07, 6.45) is -1.34. The van der Waals surface area contributed by atoms with Gasteiger partial charge in [0.15, 0.2) is 10.9 Å². The lowest BCUT2D eigenvalue weighted by atomic mass is 10.1. The summed E-state index contributed by atoms with van der Waals surface area (Å²) in [4.78, 5) is 12.1. The van der Waals surface area contributed by atoms with Gasteiger partial charge in [0.25, 0.3) is 5.91 Å². The fraction of sp³-hybridized carbons (Fsp3) is 0.400. The number of halogens is 2. The number of aliphatic hydroxyl groups excluding tert-OH is 1. The van der Waals surface area contributed by atoms with Crippen molar-refractivity contribution in [2.45, 2.75) is 32.4 Å². The summed E-state index contributed by atoms with van der Waals surface area (Å²) in [5, 5.41) is 20.4. The van der Waals surface area contributed by atoms with Crippen LogP contribution in [0, 0.1) is 4.77 Å². The first kappa shape index (κ1) is 18.9. The van der Waals surface area contributed by atoms with Crippen LogP contribution in [0.5, 0.6) is 0 Å². The lowest BCUT2D eigenvalue weighted by Gasteiger charge is -2.14. The van der Waals surface area contributed by atoms with Gasteiger partial charge in [-0.1, -0.05) is 37.0 Å². The second-order valence-electron chi connectivity index (χ2n) is 5.59. The Hall–Kier alpha value is -1.41. The van der Waals surface area contributed by atoms with Crippen LogP contribution in [0.25, 0.3) is 0 Å². The molecule has 2 aromatic rings. The zero-order chi connectivity index (χ0) is 17.9. The van der Waals surface area contributed by atoms with Crippen LogP contribution in [0.2, 0.25) is 10.0 Å². The van der Waals surface area contributed by atoms with Crippen LogP contribution in [0.3, 0.4) is 0 Å². The maximum Gasteiger partial charge on any atom is 0.253 e. The Morgan fingerprint density at radius 2 is 2.00 bits per heavy atom. The van der Waals surface area contributed by atoms with E-state index in [0.717, 1.165) is 5.82 Å². The van der Waals surface area contributed by atoms with Crippen molar-refractivity contribution in [3.63, 3.8) is 0 Å². The Bertz CT molecular complexity index is 768. The Balaban J connectivity index is 1.98. The van der Waals surface area contributed by atoms with Gasteiger partial charge in [-0.15, -0.1) is 0 Å². The molecule has 1 heterocycles. The monoisotopic (exact) mass is 388 g/mol. The van der Waals surface area contributed by atoms with Crippen molar-refractivity contribution >= 4 is 41.3 Å². The third kappa shape index (κ3) is 4.57. The number of aliphatic hydroxyl groups is 1. The molecule has 9 heteroatoms. The molecule has 3 N–H and O–H groups in total. The molecule has 0 radical (unpaired) electrons. The molecule has 2 rings (SSSR count). The van der Waals surface area contributed by atoms with E-state index >= 15 is 0 Å². The lowest BCUT2D eigenvalue weighted by molar-refractivity contribution is -0.129. The van der Waals surface area contributed by atoms with E-state index in [2.05, 4.69) is 15.5 Å². The third-order valence-electron chi connectivity index (χ3n) is 3.39. The van der Waals surface area contributed by atoms with Gasteiger partial charge in [0.05, 0.1) is 0 Å². The van der Waals surface area contributed by atoms with Crippen molar-refractivity contribution in [2.75, 3.05) is 6.54 Å². The molecular formula is C15H18Cl2N4O2S. The van der Waals surface area contributed by atoms with E-state index in [1.807, 2.05) is 18.4 Å². The molecular weight excluding hydrogens is 371 g/mol. The van der Waals surface area contributed by atoms with Gasteiger partial charge in [0, 0.05) is 29.1 Å². The number of hydrogen-bond donors (Lipinski definition) is 3. The van der Waals surface area contributed by atoms with Crippen LogP contribution in [0.1, 0.15) is 37.3 Å². The Labute approximate surface area is 154 Å². The van der Waals surface area contributed by atoms with Crippen LogP contribution in [0.15, 0.2) is 18.2 Å². The van der Waals surface area contributed by atoms with Gasteiger partial charge < -0.3 is 15.0 Å². The Morgan fingerprint density at radius 3 is 2.58 bits per heavy atom. The summed E-state index contributed by atoms with van der Waals surface area (Å²) in [6.45, 7) is 4.77. The molecule has 0 aliphatic carbocycles. The van der Waals surface area contributed by atoms with Crippen LogP contribution in [-0.4, -0.2) is 32.3 Å². The second-order valence-corrected chi connectivity index (χ2v) is 6.85. The van der Waals surface area contributed by atoms with Crippen LogP contribution < -0.4 is 5.32 Å². The van der Waals surface area contributed by atoms with Crippen LogP contribution in [-0.2, 0) is 11.3 Å². The first-order chi connectivity index (χ1) is 11.3. The largest absolute Gasteiger partial charge is 0.378 e. The fourth-order valence-electron chi connectivity index (χ4n) is 2.26. The van der Waals surface area contributed by atoms with E-state index in [9.17, 15) is 9.90 Å². The zero-order valence-electron chi connectivity index (χ0n) is 13.2. The number of carbonyl (C=O) groups excluding carboxylic acids is 1. The molecule has 6 nitrogen and oxygen atoms in total. The fourth-order valence-corrected chi connectivity index (χ4v) is 3.03. The molecule has 1 atom stereocenters. The van der Waals surface area contributed by atoms with Gasteiger partial charge in [0.1, 0.15) is 5.82 Å². The number of amides is 1. The van der Waals surface area contributed by atoms with E-state index in [4.69, 9.17) is 35.4 Å². The molecule has 0 fully saturated rings. The highest BCUT2D eigenvalue weighted by atomic mass is 35.5. The molecule has 1 aromatic heterocycles. The highest BCUT2D eigenvalue weighted by Gasteiger charge is 2.18. The maximum atomic E-state index is 12.1. The minimum Gasteiger partial charge on any atom is -0.378 e. The number of benzene rings is 1. The molecule has 0 aliphatic heterocycles. The van der Waals surface area contributed by atoms with E-state index < -0.39 is 12.0 Å². The van der Waals surface area contributed by atoms with Gasteiger partial charge in [-0.25, -0.2) is 0 Å². The van der Waals surface area contributed by atoms with Crippen molar-refractivity contribution in [2.24, 2.45) is 0 Å². The van der Waals surface area contributed by atoms with Gasteiger partial charge >= 0.3 is 0 Å². The number of carbonyl (C=O) groups is 1. The van der Waals surface area contributed by atoms with Crippen LogP contribution in [0.4, 0.5) is 0 Å². The molecule has 0 saturated carbocycles. The zero-order valence-corrected chi connectivity index (χ0v) is 15.5. The number of hydrogen-bond acceptors (Lipinski definition) is 4. The first-order valence-electron chi connectivity index (χ1n) is 7.36. The molecule has 1 aromatic carbocycles. The predicted molar refractivity (Wildman–Crippen MR) is 95.9 cm³/mol. The highest BCUT2D eigenvalue weighted by molar-refractivity contribution is 7.71. The number of rotatable bonds is 6. The molecule has 0 saturated heterocycles. The average molecular weight is 389 g/mol. The lowest BCUT2D eigenvalue weighted by Crippen LogP contribution is -2.32. The SMILES string of the molecule is CC(C)c1n[nH]c(=S)n1CCNC(=O)[C@H](O)c1cc(Cl)cc(Cl)c1. The maximum absolute atomic E-state index is 12.1. The van der Waals surface area contributed by atoms with Gasteiger partial charge in [-0.05, 0) is 36.0 Å². The summed E-state index contributed by atoms with van der Waals surface area (Å²) in [6, 6.07) is 4.53. The summed E-state index contributed by atoms with van der Waals surface area (Å²) in [7, 11) is 0.